The van der Waals surface area contributed by atoms with Crippen LogP contribution in [0.25, 0.3) is 0 Å². The van der Waals surface area contributed by atoms with Crippen LogP contribution in [0, 0.1) is 6.92 Å². The number of nitrogens with two attached hydrogens (primary N) is 1. The zero-order valence-corrected chi connectivity index (χ0v) is 11.7. The first-order valence-corrected chi connectivity index (χ1v) is 7.42. The molecule has 0 amide bonds. The lowest BCUT2D eigenvalue weighted by atomic mass is 9.96. The van der Waals surface area contributed by atoms with Crippen LogP contribution in [0.15, 0.2) is 17.1 Å². The van der Waals surface area contributed by atoms with E-state index in [2.05, 4.69) is 34.8 Å². The molecule has 1 aliphatic carbocycles. The minimum Gasteiger partial charge on any atom is -0.353 e. The van der Waals surface area contributed by atoms with E-state index in [0.717, 1.165) is 0 Å². The molecular weight excluding hydrogens is 244 g/mol. The molecule has 0 atom stereocenters. The van der Waals surface area contributed by atoms with Crippen molar-refractivity contribution >= 4 is 17.3 Å². The number of hydrazine groups is 1. The van der Waals surface area contributed by atoms with Gasteiger partial charge in [0.1, 0.15) is 0 Å². The molecule has 0 aromatic carbocycles. The predicted molar refractivity (Wildman–Crippen MR) is 77.5 cm³/mol. The van der Waals surface area contributed by atoms with Gasteiger partial charge in [0, 0.05) is 15.8 Å². The van der Waals surface area contributed by atoms with Crippen molar-refractivity contribution in [1.29, 1.82) is 0 Å². The summed E-state index contributed by atoms with van der Waals surface area (Å²) in [7, 11) is 0. The molecular formula is C13H22N4S. The maximum Gasteiger partial charge on any atom is 0.206 e. The normalized spacial score (nSPS) is 17.8. The predicted octanol–water partition coefficient (Wildman–Crippen LogP) is 2.30. The number of guanidine groups is 1. The van der Waals surface area contributed by atoms with Crippen LogP contribution < -0.4 is 16.6 Å². The number of hydrogen-bond acceptors (Lipinski definition) is 3. The van der Waals surface area contributed by atoms with Gasteiger partial charge in [-0.15, -0.1) is 11.3 Å². The molecule has 18 heavy (non-hydrogen) atoms. The minimum atomic E-state index is 0.527. The largest absolute Gasteiger partial charge is 0.353 e. The lowest BCUT2D eigenvalue weighted by Gasteiger charge is -2.24. The molecule has 1 saturated carbocycles. The minimum absolute atomic E-state index is 0.527. The molecule has 1 aliphatic rings. The highest BCUT2D eigenvalue weighted by molar-refractivity contribution is 7.11. The molecule has 4 nitrogen and oxygen atoms in total. The first-order valence-electron chi connectivity index (χ1n) is 6.61. The Morgan fingerprint density at radius 1 is 1.39 bits per heavy atom. The molecule has 1 aromatic rings. The summed E-state index contributed by atoms with van der Waals surface area (Å²) >= 11 is 1.78. The van der Waals surface area contributed by atoms with Crippen LogP contribution in [-0.2, 0) is 6.54 Å². The van der Waals surface area contributed by atoms with E-state index in [-0.39, 0.29) is 0 Å². The van der Waals surface area contributed by atoms with E-state index < -0.39 is 0 Å². The second-order valence-electron chi connectivity index (χ2n) is 4.80. The monoisotopic (exact) mass is 266 g/mol. The third-order valence-corrected chi connectivity index (χ3v) is 4.26. The van der Waals surface area contributed by atoms with Crippen molar-refractivity contribution in [1.82, 2.24) is 10.7 Å². The Hall–Kier alpha value is -1.07. The zero-order chi connectivity index (χ0) is 12.8. The molecule has 0 spiro atoms. The van der Waals surface area contributed by atoms with Gasteiger partial charge in [-0.2, -0.15) is 0 Å². The summed E-state index contributed by atoms with van der Waals surface area (Å²) < 4.78 is 0. The van der Waals surface area contributed by atoms with Crippen LogP contribution in [-0.4, -0.2) is 12.0 Å². The van der Waals surface area contributed by atoms with Gasteiger partial charge in [-0.3, -0.25) is 5.43 Å². The number of nitrogens with zero attached hydrogens (tertiary/aromatic N) is 1. The Morgan fingerprint density at radius 2 is 2.17 bits per heavy atom. The molecule has 0 aliphatic heterocycles. The highest BCUT2D eigenvalue weighted by Crippen LogP contribution is 2.18. The van der Waals surface area contributed by atoms with Crippen molar-refractivity contribution < 1.29 is 0 Å². The van der Waals surface area contributed by atoms with Gasteiger partial charge in [0.2, 0.25) is 5.96 Å². The van der Waals surface area contributed by atoms with Gasteiger partial charge < -0.3 is 5.32 Å². The molecule has 0 saturated heterocycles. The van der Waals surface area contributed by atoms with Crippen molar-refractivity contribution in [3.05, 3.63) is 21.9 Å². The van der Waals surface area contributed by atoms with E-state index >= 15 is 0 Å². The summed E-state index contributed by atoms with van der Waals surface area (Å²) in [6, 6.07) is 4.77. The number of aliphatic imine (C=N–C) groups is 1. The van der Waals surface area contributed by atoms with Gasteiger partial charge in [0.25, 0.3) is 0 Å². The average molecular weight is 266 g/mol. The van der Waals surface area contributed by atoms with Gasteiger partial charge in [-0.05, 0) is 31.9 Å². The molecule has 0 bridgehead atoms. The van der Waals surface area contributed by atoms with Gasteiger partial charge >= 0.3 is 0 Å². The van der Waals surface area contributed by atoms with E-state index in [1.165, 1.54) is 41.9 Å². The second kappa shape index (κ2) is 6.75. The summed E-state index contributed by atoms with van der Waals surface area (Å²) in [5, 5.41) is 3.40. The second-order valence-corrected chi connectivity index (χ2v) is 6.17. The molecule has 0 radical (unpaired) electrons. The molecule has 5 heteroatoms. The maximum atomic E-state index is 5.52. The molecule has 2 rings (SSSR count). The van der Waals surface area contributed by atoms with Crippen molar-refractivity contribution in [2.24, 2.45) is 10.8 Å². The van der Waals surface area contributed by atoms with Crippen molar-refractivity contribution in [2.75, 3.05) is 0 Å². The van der Waals surface area contributed by atoms with Crippen LogP contribution in [0.5, 0.6) is 0 Å². The van der Waals surface area contributed by atoms with Crippen LogP contribution >= 0.6 is 11.3 Å². The Bertz CT molecular complexity index is 393. The van der Waals surface area contributed by atoms with E-state index in [1.54, 1.807) is 11.3 Å². The highest BCUT2D eigenvalue weighted by Gasteiger charge is 2.14. The van der Waals surface area contributed by atoms with Crippen molar-refractivity contribution in [3.63, 3.8) is 0 Å². The summed E-state index contributed by atoms with van der Waals surface area (Å²) in [6.45, 7) is 2.80. The summed E-state index contributed by atoms with van der Waals surface area (Å²) in [5.41, 5.74) is 2.67. The lowest BCUT2D eigenvalue weighted by Crippen LogP contribution is -2.47. The Kier molecular flexibility index (Phi) is 5.01. The lowest BCUT2D eigenvalue weighted by molar-refractivity contribution is 0.410. The SMILES string of the molecule is Cc1ccc(CN=C(NN)NC2CCCCC2)s1. The maximum absolute atomic E-state index is 5.52. The molecule has 4 N–H and O–H groups in total. The van der Waals surface area contributed by atoms with E-state index in [0.29, 0.717) is 18.5 Å². The molecule has 0 unspecified atom stereocenters. The molecule has 100 valence electrons. The van der Waals surface area contributed by atoms with Crippen LogP contribution in [0.2, 0.25) is 0 Å². The van der Waals surface area contributed by atoms with Crippen molar-refractivity contribution in [2.45, 2.75) is 51.6 Å². The smallest absolute Gasteiger partial charge is 0.206 e. The number of rotatable bonds is 3. The number of aryl methyl sites for hydroxylation is 1. The summed E-state index contributed by atoms with van der Waals surface area (Å²) in [6.07, 6.45) is 6.41. The summed E-state index contributed by atoms with van der Waals surface area (Å²) in [5.74, 6) is 6.24. The molecule has 1 fully saturated rings. The third kappa shape index (κ3) is 3.99. The average Bonchev–Trinajstić information content (AvgIpc) is 2.81. The van der Waals surface area contributed by atoms with Crippen LogP contribution in [0.1, 0.15) is 41.9 Å². The Balaban J connectivity index is 1.86. The Morgan fingerprint density at radius 3 is 2.78 bits per heavy atom. The Labute approximate surface area is 113 Å². The highest BCUT2D eigenvalue weighted by atomic mass is 32.1. The fraction of sp³-hybridized carbons (Fsp3) is 0.615. The fourth-order valence-corrected chi connectivity index (χ4v) is 3.12. The summed E-state index contributed by atoms with van der Waals surface area (Å²) in [4.78, 5) is 7.09. The van der Waals surface area contributed by atoms with Gasteiger partial charge in [0.15, 0.2) is 0 Å². The van der Waals surface area contributed by atoms with Gasteiger partial charge in [-0.1, -0.05) is 19.3 Å². The first-order chi connectivity index (χ1) is 8.78. The van der Waals surface area contributed by atoms with E-state index in [1.807, 2.05) is 0 Å². The molecule has 1 aromatic heterocycles. The van der Waals surface area contributed by atoms with Crippen molar-refractivity contribution in [3.8, 4) is 0 Å². The van der Waals surface area contributed by atoms with E-state index in [4.69, 9.17) is 5.84 Å². The quantitative estimate of drug-likeness (QED) is 0.340. The third-order valence-electron chi connectivity index (χ3n) is 3.27. The zero-order valence-electron chi connectivity index (χ0n) is 10.9. The topological polar surface area (TPSA) is 62.4 Å². The first kappa shape index (κ1) is 13.4. The fourth-order valence-electron chi connectivity index (χ4n) is 2.30. The molecule has 1 heterocycles. The van der Waals surface area contributed by atoms with Gasteiger partial charge in [0.05, 0.1) is 6.54 Å². The van der Waals surface area contributed by atoms with Crippen LogP contribution in [0.3, 0.4) is 0 Å². The number of nitrogens with one attached hydrogen (secondary N) is 2. The van der Waals surface area contributed by atoms with Crippen LogP contribution in [0.4, 0.5) is 0 Å². The number of thiophene rings is 1. The van der Waals surface area contributed by atoms with Gasteiger partial charge in [-0.25, -0.2) is 10.8 Å². The van der Waals surface area contributed by atoms with E-state index in [9.17, 15) is 0 Å². The number of hydrogen-bond donors (Lipinski definition) is 3. The standard InChI is InChI=1S/C13H22N4S/c1-10-7-8-12(18-10)9-15-13(17-14)16-11-5-3-2-4-6-11/h7-8,11H,2-6,9,14H2,1H3,(H2,15,16,17).